The van der Waals surface area contributed by atoms with Gasteiger partial charge in [0.1, 0.15) is 11.5 Å². The van der Waals surface area contributed by atoms with E-state index in [4.69, 9.17) is 18.9 Å². The topological polar surface area (TPSA) is 88.1 Å². The number of fused-ring (bicyclic) bond motifs is 1. The van der Waals surface area contributed by atoms with E-state index < -0.39 is 0 Å². The zero-order chi connectivity index (χ0) is 33.3. The fourth-order valence-electron chi connectivity index (χ4n) is 6.06. The van der Waals surface area contributed by atoms with Gasteiger partial charge in [-0.05, 0) is 91.8 Å². The SMILES string of the molecule is COC(=O)CCCOc1cccc(CCCCCCOc2ccc3c(c2CC=Cc2ccccc2)CCCC3=O)c1CCC(=O)OC. The Bertz CT molecular complexity index is 1490. The molecule has 1 aliphatic rings. The molecule has 0 spiro atoms. The van der Waals surface area contributed by atoms with E-state index in [1.165, 1.54) is 19.8 Å². The zero-order valence-corrected chi connectivity index (χ0v) is 27.9. The Kier molecular flexibility index (Phi) is 14.6. The van der Waals surface area contributed by atoms with Crippen LogP contribution < -0.4 is 9.47 Å². The number of Topliss-reactive ketones (excluding diaryl/α,β-unsaturated/α-hetero) is 1. The number of rotatable bonds is 19. The number of aryl methyl sites for hydroxylation is 1. The van der Waals surface area contributed by atoms with Crippen molar-refractivity contribution in [2.45, 2.75) is 83.5 Å². The summed E-state index contributed by atoms with van der Waals surface area (Å²) in [6.07, 6.45) is 14.0. The number of ketones is 1. The van der Waals surface area contributed by atoms with Gasteiger partial charge in [-0.25, -0.2) is 0 Å². The normalized spacial score (nSPS) is 12.5. The second-order valence-electron chi connectivity index (χ2n) is 11.9. The number of benzene rings is 3. The molecule has 1 aliphatic carbocycles. The number of esters is 2. The minimum atomic E-state index is -0.255. The van der Waals surface area contributed by atoms with Gasteiger partial charge in [-0.15, -0.1) is 0 Å². The maximum atomic E-state index is 12.6. The third-order valence-corrected chi connectivity index (χ3v) is 8.60. The van der Waals surface area contributed by atoms with E-state index in [-0.39, 0.29) is 24.1 Å². The van der Waals surface area contributed by atoms with Crippen LogP contribution in [0.15, 0.2) is 66.7 Å². The van der Waals surface area contributed by atoms with Crippen molar-refractivity contribution in [3.05, 3.63) is 100 Å². The van der Waals surface area contributed by atoms with Crippen LogP contribution in [-0.4, -0.2) is 45.2 Å². The molecule has 3 aromatic carbocycles. The second-order valence-corrected chi connectivity index (χ2v) is 11.9. The maximum Gasteiger partial charge on any atom is 0.305 e. The Morgan fingerprint density at radius 2 is 1.43 bits per heavy atom. The first-order chi connectivity index (χ1) is 23.0. The highest BCUT2D eigenvalue weighted by molar-refractivity contribution is 5.99. The molecule has 0 atom stereocenters. The lowest BCUT2D eigenvalue weighted by Gasteiger charge is -2.21. The van der Waals surface area contributed by atoms with Crippen LogP contribution >= 0.6 is 0 Å². The monoisotopic (exact) mass is 640 g/mol. The number of allylic oxidation sites excluding steroid dienone is 1. The molecule has 250 valence electrons. The number of methoxy groups -OCH3 is 2. The van der Waals surface area contributed by atoms with Crippen LogP contribution in [0, 0.1) is 0 Å². The molecule has 0 heterocycles. The highest BCUT2D eigenvalue weighted by Crippen LogP contribution is 2.32. The number of hydrogen-bond acceptors (Lipinski definition) is 7. The van der Waals surface area contributed by atoms with Crippen molar-refractivity contribution >= 4 is 23.8 Å². The number of carbonyl (C=O) groups is 3. The first-order valence-electron chi connectivity index (χ1n) is 16.9. The van der Waals surface area contributed by atoms with Crippen LogP contribution in [0.5, 0.6) is 11.5 Å². The van der Waals surface area contributed by atoms with Gasteiger partial charge in [0.25, 0.3) is 0 Å². The first-order valence-corrected chi connectivity index (χ1v) is 16.9. The molecule has 0 radical (unpaired) electrons. The third-order valence-electron chi connectivity index (χ3n) is 8.60. The molecule has 0 amide bonds. The molecule has 4 rings (SSSR count). The van der Waals surface area contributed by atoms with E-state index in [1.807, 2.05) is 42.5 Å². The Balaban J connectivity index is 1.29. The molecular formula is C40H48O7. The standard InChI is InChI=1S/C40H48O7/c1-44-39(42)23-13-29-47-37-22-11-18-31(32(37)25-27-40(43)45-2)17-8-3-4-9-28-46-38-26-24-34-33(19-12-21-36(34)41)35(38)20-10-16-30-14-6-5-7-15-30/h5-7,10-11,14-16,18,22,24,26H,3-4,8-9,12-13,17,19-21,23,25,27-29H2,1-2H3. The van der Waals surface area contributed by atoms with Crippen LogP contribution in [0.4, 0.5) is 0 Å². The summed E-state index contributed by atoms with van der Waals surface area (Å²) in [4.78, 5) is 36.0. The Hall–Kier alpha value is -4.39. The molecule has 0 aromatic heterocycles. The van der Waals surface area contributed by atoms with E-state index >= 15 is 0 Å². The fourth-order valence-corrected chi connectivity index (χ4v) is 6.06. The van der Waals surface area contributed by atoms with Gasteiger partial charge < -0.3 is 18.9 Å². The Labute approximate surface area is 279 Å². The molecule has 7 heteroatoms. The summed E-state index contributed by atoms with van der Waals surface area (Å²) in [5, 5.41) is 0. The average molecular weight is 641 g/mol. The quantitative estimate of drug-likeness (QED) is 0.0967. The molecule has 0 aliphatic heterocycles. The molecule has 7 nitrogen and oxygen atoms in total. The van der Waals surface area contributed by atoms with Crippen molar-refractivity contribution in [3.63, 3.8) is 0 Å². The summed E-state index contributed by atoms with van der Waals surface area (Å²) in [5.41, 5.74) is 6.49. The number of carbonyl (C=O) groups excluding carboxylic acids is 3. The van der Waals surface area contributed by atoms with Crippen molar-refractivity contribution < 1.29 is 33.3 Å². The molecular weight excluding hydrogens is 592 g/mol. The summed E-state index contributed by atoms with van der Waals surface area (Å²) in [6, 6.07) is 20.2. The van der Waals surface area contributed by atoms with Crippen LogP contribution in [-0.2, 0) is 44.7 Å². The molecule has 0 bridgehead atoms. The fraction of sp³-hybridized carbons (Fsp3) is 0.425. The van der Waals surface area contributed by atoms with Gasteiger partial charge in [-0.2, -0.15) is 0 Å². The van der Waals surface area contributed by atoms with Crippen LogP contribution in [0.2, 0.25) is 0 Å². The van der Waals surface area contributed by atoms with Crippen LogP contribution in [0.3, 0.4) is 0 Å². The lowest BCUT2D eigenvalue weighted by Crippen LogP contribution is -2.14. The maximum absolute atomic E-state index is 12.6. The van der Waals surface area contributed by atoms with Gasteiger partial charge in [0.15, 0.2) is 5.78 Å². The average Bonchev–Trinajstić information content (AvgIpc) is 3.10. The Morgan fingerprint density at radius 3 is 2.21 bits per heavy atom. The minimum absolute atomic E-state index is 0.232. The van der Waals surface area contributed by atoms with Gasteiger partial charge in [-0.1, -0.05) is 67.5 Å². The van der Waals surface area contributed by atoms with Crippen LogP contribution in [0.25, 0.3) is 6.08 Å². The third kappa shape index (κ3) is 11.1. The smallest absolute Gasteiger partial charge is 0.305 e. The molecule has 0 fully saturated rings. The predicted molar refractivity (Wildman–Crippen MR) is 184 cm³/mol. The predicted octanol–water partition coefficient (Wildman–Crippen LogP) is 8.08. The van der Waals surface area contributed by atoms with E-state index in [0.29, 0.717) is 38.9 Å². The molecule has 0 N–H and O–H groups in total. The van der Waals surface area contributed by atoms with Crippen molar-refractivity contribution in [2.24, 2.45) is 0 Å². The van der Waals surface area contributed by atoms with Gasteiger partial charge >= 0.3 is 11.9 Å². The largest absolute Gasteiger partial charge is 0.493 e. The molecule has 0 saturated carbocycles. The van der Waals surface area contributed by atoms with E-state index in [2.05, 4.69) is 30.4 Å². The van der Waals surface area contributed by atoms with Gasteiger partial charge in [0, 0.05) is 30.4 Å². The van der Waals surface area contributed by atoms with Crippen molar-refractivity contribution in [2.75, 3.05) is 27.4 Å². The van der Waals surface area contributed by atoms with Crippen molar-refractivity contribution in [1.29, 1.82) is 0 Å². The lowest BCUT2D eigenvalue weighted by atomic mass is 9.86. The molecule has 0 unspecified atom stereocenters. The van der Waals surface area contributed by atoms with Crippen molar-refractivity contribution in [1.82, 2.24) is 0 Å². The summed E-state index contributed by atoms with van der Waals surface area (Å²) in [7, 11) is 2.78. The molecule has 0 saturated heterocycles. The zero-order valence-electron chi connectivity index (χ0n) is 27.9. The minimum Gasteiger partial charge on any atom is -0.493 e. The van der Waals surface area contributed by atoms with Gasteiger partial charge in [0.2, 0.25) is 0 Å². The summed E-state index contributed by atoms with van der Waals surface area (Å²) in [6.45, 7) is 1.02. The van der Waals surface area contributed by atoms with E-state index in [1.54, 1.807) is 0 Å². The highest BCUT2D eigenvalue weighted by Gasteiger charge is 2.22. The summed E-state index contributed by atoms with van der Waals surface area (Å²) >= 11 is 0. The summed E-state index contributed by atoms with van der Waals surface area (Å²) in [5.74, 6) is 1.36. The highest BCUT2D eigenvalue weighted by atomic mass is 16.5. The number of unbranched alkanes of at least 4 members (excludes halogenated alkanes) is 3. The number of hydrogen-bond donors (Lipinski definition) is 0. The second kappa shape index (κ2) is 19.3. The first kappa shape index (κ1) is 35.5. The number of ether oxygens (including phenoxy) is 4. The van der Waals surface area contributed by atoms with E-state index in [9.17, 15) is 14.4 Å². The van der Waals surface area contributed by atoms with Crippen LogP contribution in [0.1, 0.15) is 96.0 Å². The van der Waals surface area contributed by atoms with E-state index in [0.717, 1.165) is 90.7 Å². The molecule has 3 aromatic rings. The van der Waals surface area contributed by atoms with Crippen molar-refractivity contribution in [3.8, 4) is 11.5 Å². The Morgan fingerprint density at radius 1 is 0.702 bits per heavy atom. The van der Waals surface area contributed by atoms with Gasteiger partial charge in [0.05, 0.1) is 27.4 Å². The summed E-state index contributed by atoms with van der Waals surface area (Å²) < 4.78 is 22.0. The molecule has 47 heavy (non-hydrogen) atoms. The lowest BCUT2D eigenvalue weighted by molar-refractivity contribution is -0.141. The van der Waals surface area contributed by atoms with Gasteiger partial charge in [-0.3, -0.25) is 14.4 Å².